The molecule has 0 unspecified atom stereocenters. The Morgan fingerprint density at radius 3 is 2.26 bits per heavy atom. The van der Waals surface area contributed by atoms with Gasteiger partial charge in [0.05, 0.1) is 11.2 Å². The molecule has 0 aliphatic heterocycles. The van der Waals surface area contributed by atoms with Gasteiger partial charge in [0.25, 0.3) is 0 Å². The van der Waals surface area contributed by atoms with Crippen LogP contribution < -0.4 is 0 Å². The van der Waals surface area contributed by atoms with E-state index in [0.717, 1.165) is 11.8 Å². The molecule has 19 heavy (non-hydrogen) atoms. The van der Waals surface area contributed by atoms with E-state index in [4.69, 9.17) is 11.6 Å². The second kappa shape index (κ2) is 4.08. The second-order valence-electron chi connectivity index (χ2n) is 6.79. The van der Waals surface area contributed by atoms with Crippen LogP contribution in [0.3, 0.4) is 0 Å². The molecule has 102 valence electrons. The van der Waals surface area contributed by atoms with E-state index in [1.165, 1.54) is 32.1 Å². The molecule has 0 amide bonds. The number of carbonyl (C=O) groups excluding carboxylic acids is 1. The van der Waals surface area contributed by atoms with E-state index in [0.29, 0.717) is 22.6 Å². The van der Waals surface area contributed by atoms with Crippen molar-refractivity contribution in [3.05, 3.63) is 16.9 Å². The first-order valence-electron chi connectivity index (χ1n) is 7.35. The van der Waals surface area contributed by atoms with E-state index in [9.17, 15) is 4.79 Å². The lowest BCUT2D eigenvalue weighted by Gasteiger charge is -2.53. The second-order valence-corrected chi connectivity index (χ2v) is 7.19. The Hall–Kier alpha value is -0.830. The van der Waals surface area contributed by atoms with Crippen LogP contribution in [-0.2, 0) is 7.05 Å². The molecule has 4 aliphatic carbocycles. The van der Waals surface area contributed by atoms with E-state index in [1.54, 1.807) is 10.9 Å². The number of rotatable bonds is 2. The zero-order chi connectivity index (χ0) is 13.1. The van der Waals surface area contributed by atoms with Crippen LogP contribution in [0.15, 0.2) is 6.20 Å². The summed E-state index contributed by atoms with van der Waals surface area (Å²) in [4.78, 5) is 12.9. The first-order chi connectivity index (χ1) is 9.13. The molecule has 0 N–H and O–H groups in total. The van der Waals surface area contributed by atoms with Crippen LogP contribution in [0, 0.1) is 29.6 Å². The SMILES string of the molecule is Cn1ncc(Cl)c1C(=O)C1C2CC3CC(C2)CC1C3. The van der Waals surface area contributed by atoms with Crippen LogP contribution in [0.25, 0.3) is 0 Å². The molecule has 0 saturated heterocycles. The van der Waals surface area contributed by atoms with Gasteiger partial charge < -0.3 is 0 Å². The molecule has 1 aromatic rings. The molecule has 5 rings (SSSR count). The molecular weight excluding hydrogens is 260 g/mol. The standard InChI is InChI=1S/C15H19ClN2O/c1-18-14(12(16)7-17-18)15(19)13-10-3-8-2-9(5-10)6-11(13)4-8/h7-11,13H,2-6H2,1H3. The van der Waals surface area contributed by atoms with Gasteiger partial charge in [-0.25, -0.2) is 0 Å². The summed E-state index contributed by atoms with van der Waals surface area (Å²) in [6, 6.07) is 0. The summed E-state index contributed by atoms with van der Waals surface area (Å²) in [5.74, 6) is 3.46. The molecule has 0 aromatic carbocycles. The van der Waals surface area contributed by atoms with Crippen LogP contribution in [0.4, 0.5) is 0 Å². The highest BCUT2D eigenvalue weighted by Gasteiger charge is 2.51. The highest BCUT2D eigenvalue weighted by molar-refractivity contribution is 6.33. The fourth-order valence-corrected chi connectivity index (χ4v) is 5.46. The summed E-state index contributed by atoms with van der Waals surface area (Å²) in [5.41, 5.74) is 0.624. The van der Waals surface area contributed by atoms with E-state index in [-0.39, 0.29) is 11.7 Å². The van der Waals surface area contributed by atoms with E-state index in [1.807, 2.05) is 7.05 Å². The third kappa shape index (κ3) is 1.70. The third-order valence-corrected chi connectivity index (χ3v) is 5.93. The fourth-order valence-electron chi connectivity index (χ4n) is 5.20. The molecule has 0 radical (unpaired) electrons. The summed E-state index contributed by atoms with van der Waals surface area (Å²) in [7, 11) is 1.81. The minimum absolute atomic E-state index is 0.209. The van der Waals surface area contributed by atoms with Crippen molar-refractivity contribution >= 4 is 17.4 Å². The van der Waals surface area contributed by atoms with Gasteiger partial charge in [-0.1, -0.05) is 11.6 Å². The zero-order valence-corrected chi connectivity index (χ0v) is 11.9. The average Bonchev–Trinajstić information content (AvgIpc) is 2.67. The molecule has 0 atom stereocenters. The molecule has 4 heteroatoms. The first kappa shape index (κ1) is 12.0. The Bertz CT molecular complexity index is 489. The normalized spacial score (nSPS) is 39.8. The molecule has 1 aromatic heterocycles. The summed E-state index contributed by atoms with van der Waals surface area (Å²) < 4.78 is 1.65. The van der Waals surface area contributed by atoms with Gasteiger partial charge in [0.15, 0.2) is 5.78 Å². The van der Waals surface area contributed by atoms with Crippen molar-refractivity contribution in [2.45, 2.75) is 32.1 Å². The van der Waals surface area contributed by atoms with E-state index < -0.39 is 0 Å². The van der Waals surface area contributed by atoms with Crippen molar-refractivity contribution in [3.63, 3.8) is 0 Å². The number of aryl methyl sites for hydroxylation is 1. The lowest BCUT2D eigenvalue weighted by atomic mass is 9.51. The van der Waals surface area contributed by atoms with Gasteiger partial charge in [0.2, 0.25) is 0 Å². The predicted molar refractivity (Wildman–Crippen MR) is 73.1 cm³/mol. The number of aromatic nitrogens is 2. The van der Waals surface area contributed by atoms with Crippen LogP contribution in [0.1, 0.15) is 42.6 Å². The van der Waals surface area contributed by atoms with Crippen LogP contribution in [-0.4, -0.2) is 15.6 Å². The number of halogens is 1. The van der Waals surface area contributed by atoms with E-state index in [2.05, 4.69) is 5.10 Å². The largest absolute Gasteiger partial charge is 0.292 e. The van der Waals surface area contributed by atoms with Crippen molar-refractivity contribution in [3.8, 4) is 0 Å². The Kier molecular flexibility index (Phi) is 2.57. The van der Waals surface area contributed by atoms with Gasteiger partial charge in [0, 0.05) is 13.0 Å². The lowest BCUT2D eigenvalue weighted by Crippen LogP contribution is -2.48. The minimum Gasteiger partial charge on any atom is -0.292 e. The fraction of sp³-hybridized carbons (Fsp3) is 0.733. The van der Waals surface area contributed by atoms with Crippen molar-refractivity contribution in [2.75, 3.05) is 0 Å². The molecule has 0 spiro atoms. The summed E-state index contributed by atoms with van der Waals surface area (Å²) in [5, 5.41) is 4.63. The molecule has 4 bridgehead atoms. The first-order valence-corrected chi connectivity index (χ1v) is 7.73. The Labute approximate surface area is 118 Å². The third-order valence-electron chi connectivity index (χ3n) is 5.66. The van der Waals surface area contributed by atoms with Crippen LogP contribution >= 0.6 is 11.6 Å². The Morgan fingerprint density at radius 2 is 1.79 bits per heavy atom. The summed E-state index contributed by atoms with van der Waals surface area (Å²) in [6.45, 7) is 0. The number of hydrogen-bond donors (Lipinski definition) is 0. The van der Waals surface area contributed by atoms with Gasteiger partial charge in [0.1, 0.15) is 5.69 Å². The number of carbonyl (C=O) groups is 1. The summed E-state index contributed by atoms with van der Waals surface area (Å²) >= 11 is 6.15. The predicted octanol–water partition coefficient (Wildman–Crippen LogP) is 3.33. The Morgan fingerprint density at radius 1 is 1.21 bits per heavy atom. The molecule has 3 nitrogen and oxygen atoms in total. The minimum atomic E-state index is 0.209. The maximum absolute atomic E-state index is 12.9. The van der Waals surface area contributed by atoms with E-state index >= 15 is 0 Å². The molecule has 4 aliphatic rings. The monoisotopic (exact) mass is 278 g/mol. The molecular formula is C15H19ClN2O. The van der Waals surface area contributed by atoms with Crippen LogP contribution in [0.2, 0.25) is 5.02 Å². The lowest BCUT2D eigenvalue weighted by molar-refractivity contribution is -0.0254. The van der Waals surface area contributed by atoms with Gasteiger partial charge in [-0.05, 0) is 55.8 Å². The topological polar surface area (TPSA) is 34.9 Å². The summed E-state index contributed by atoms with van der Waals surface area (Å²) in [6.07, 6.45) is 8.06. The number of hydrogen-bond acceptors (Lipinski definition) is 2. The maximum Gasteiger partial charge on any atom is 0.185 e. The molecule has 4 fully saturated rings. The number of ketones is 1. The highest BCUT2D eigenvalue weighted by atomic mass is 35.5. The van der Waals surface area contributed by atoms with Crippen molar-refractivity contribution in [2.24, 2.45) is 36.6 Å². The van der Waals surface area contributed by atoms with Crippen molar-refractivity contribution < 1.29 is 4.79 Å². The van der Waals surface area contributed by atoms with Crippen molar-refractivity contribution in [1.82, 2.24) is 9.78 Å². The number of nitrogens with zero attached hydrogens (tertiary/aromatic N) is 2. The maximum atomic E-state index is 12.9. The quantitative estimate of drug-likeness (QED) is 0.778. The van der Waals surface area contributed by atoms with Gasteiger partial charge in [-0.2, -0.15) is 5.10 Å². The molecule has 4 saturated carbocycles. The highest BCUT2D eigenvalue weighted by Crippen LogP contribution is 2.57. The van der Waals surface area contributed by atoms with Crippen molar-refractivity contribution in [1.29, 1.82) is 0 Å². The molecule has 1 heterocycles. The Balaban J connectivity index is 1.68. The van der Waals surface area contributed by atoms with Gasteiger partial charge in [-0.3, -0.25) is 9.48 Å². The van der Waals surface area contributed by atoms with Gasteiger partial charge in [-0.15, -0.1) is 0 Å². The van der Waals surface area contributed by atoms with Crippen LogP contribution in [0.5, 0.6) is 0 Å². The number of Topliss-reactive ketones (excluding diaryl/α,β-unsaturated/α-hetero) is 1. The smallest absolute Gasteiger partial charge is 0.185 e. The van der Waals surface area contributed by atoms with Gasteiger partial charge >= 0.3 is 0 Å². The average molecular weight is 279 g/mol. The zero-order valence-electron chi connectivity index (χ0n) is 11.2.